The van der Waals surface area contributed by atoms with Gasteiger partial charge in [-0.25, -0.2) is 0 Å². The number of rotatable bonds is 1. The fraction of sp³-hybridized carbons (Fsp3) is 0.909. The van der Waals surface area contributed by atoms with Crippen LogP contribution >= 0.6 is 12.4 Å². The lowest BCUT2D eigenvalue weighted by atomic mass is 10.1. The fourth-order valence-electron chi connectivity index (χ4n) is 2.71. The minimum absolute atomic E-state index is 0. The third-order valence-corrected chi connectivity index (χ3v) is 3.62. The van der Waals surface area contributed by atoms with Gasteiger partial charge in [-0.2, -0.15) is 0 Å². The highest BCUT2D eigenvalue weighted by atomic mass is 35.5. The molecule has 2 saturated heterocycles. The molecule has 0 aromatic rings. The molecular weight excluding hydrogens is 212 g/mol. The average molecular weight is 233 g/mol. The highest BCUT2D eigenvalue weighted by Crippen LogP contribution is 2.26. The molecule has 0 aliphatic carbocycles. The smallest absolute Gasteiger partial charge is 0.227 e. The minimum atomic E-state index is 0. The molecule has 15 heavy (non-hydrogen) atoms. The predicted octanol–water partition coefficient (Wildman–Crippen LogP) is 1.42. The first-order chi connectivity index (χ1) is 6.70. The quantitative estimate of drug-likeness (QED) is 0.742. The maximum Gasteiger partial charge on any atom is 0.227 e. The Balaban J connectivity index is 0.00000112. The number of amides is 1. The molecule has 0 aromatic carbocycles. The number of halogens is 1. The maximum absolute atomic E-state index is 12.2. The summed E-state index contributed by atoms with van der Waals surface area (Å²) in [7, 11) is 0. The van der Waals surface area contributed by atoms with Crippen molar-refractivity contribution < 1.29 is 4.79 Å². The molecule has 2 unspecified atom stereocenters. The summed E-state index contributed by atoms with van der Waals surface area (Å²) in [4.78, 5) is 14.3. The van der Waals surface area contributed by atoms with Crippen LogP contribution in [0.25, 0.3) is 0 Å². The molecule has 1 amide bonds. The van der Waals surface area contributed by atoms with Crippen LogP contribution in [0.15, 0.2) is 0 Å². The summed E-state index contributed by atoms with van der Waals surface area (Å²) in [6.45, 7) is 6.23. The van der Waals surface area contributed by atoms with Crippen LogP contribution in [0.1, 0.15) is 33.1 Å². The first-order valence-electron chi connectivity index (χ1n) is 5.73. The van der Waals surface area contributed by atoms with Crippen LogP contribution in [-0.2, 0) is 4.79 Å². The van der Waals surface area contributed by atoms with Crippen molar-refractivity contribution in [2.24, 2.45) is 5.92 Å². The summed E-state index contributed by atoms with van der Waals surface area (Å²) >= 11 is 0. The number of likely N-dealkylation sites (tertiary alicyclic amines) is 1. The van der Waals surface area contributed by atoms with Crippen LogP contribution < -0.4 is 5.32 Å². The zero-order valence-corrected chi connectivity index (χ0v) is 10.3. The van der Waals surface area contributed by atoms with E-state index in [2.05, 4.69) is 24.1 Å². The lowest BCUT2D eigenvalue weighted by Gasteiger charge is -2.28. The molecule has 0 aromatic heterocycles. The second-order valence-electron chi connectivity index (χ2n) is 4.71. The summed E-state index contributed by atoms with van der Waals surface area (Å²) in [5.41, 5.74) is 0. The van der Waals surface area contributed by atoms with Crippen molar-refractivity contribution in [3.05, 3.63) is 0 Å². The zero-order valence-electron chi connectivity index (χ0n) is 9.53. The first kappa shape index (κ1) is 12.8. The van der Waals surface area contributed by atoms with E-state index in [1.54, 1.807) is 0 Å². The Kier molecular flexibility index (Phi) is 4.41. The zero-order chi connectivity index (χ0) is 10.1. The molecule has 2 aliphatic rings. The highest BCUT2D eigenvalue weighted by molar-refractivity contribution is 5.85. The molecule has 1 N–H and O–H groups in total. The predicted molar refractivity (Wildman–Crippen MR) is 63.2 cm³/mol. The van der Waals surface area contributed by atoms with E-state index >= 15 is 0 Å². The third-order valence-electron chi connectivity index (χ3n) is 3.62. The second-order valence-corrected chi connectivity index (χ2v) is 4.71. The number of carbonyl (C=O) groups excluding carboxylic acids is 1. The van der Waals surface area contributed by atoms with Gasteiger partial charge in [0.15, 0.2) is 0 Å². The van der Waals surface area contributed by atoms with Crippen molar-refractivity contribution >= 4 is 18.3 Å². The molecule has 0 saturated carbocycles. The van der Waals surface area contributed by atoms with Crippen molar-refractivity contribution in [2.45, 2.75) is 45.2 Å². The van der Waals surface area contributed by atoms with Crippen LogP contribution in [0, 0.1) is 5.92 Å². The van der Waals surface area contributed by atoms with Crippen LogP contribution in [0.3, 0.4) is 0 Å². The van der Waals surface area contributed by atoms with Crippen molar-refractivity contribution in [1.82, 2.24) is 10.2 Å². The van der Waals surface area contributed by atoms with E-state index in [1.165, 1.54) is 12.8 Å². The molecule has 88 valence electrons. The highest BCUT2D eigenvalue weighted by Gasteiger charge is 2.35. The van der Waals surface area contributed by atoms with E-state index in [-0.39, 0.29) is 18.3 Å². The summed E-state index contributed by atoms with van der Waals surface area (Å²) in [6.07, 6.45) is 3.37. The summed E-state index contributed by atoms with van der Waals surface area (Å²) in [5, 5.41) is 3.26. The molecule has 0 radical (unpaired) electrons. The second kappa shape index (κ2) is 5.17. The Morgan fingerprint density at radius 3 is 2.27 bits per heavy atom. The van der Waals surface area contributed by atoms with Gasteiger partial charge >= 0.3 is 0 Å². The van der Waals surface area contributed by atoms with Gasteiger partial charge in [0.1, 0.15) is 0 Å². The molecular formula is C11H21ClN2O. The number of hydrogen-bond acceptors (Lipinski definition) is 2. The Morgan fingerprint density at radius 2 is 1.80 bits per heavy atom. The SMILES string of the molecule is CC1CCC(C)N1C(=O)[C@@H]1CCNC1.Cl. The molecule has 0 spiro atoms. The van der Waals surface area contributed by atoms with E-state index in [0.29, 0.717) is 18.0 Å². The number of nitrogens with zero attached hydrogens (tertiary/aromatic N) is 1. The molecule has 3 nitrogen and oxygen atoms in total. The van der Waals surface area contributed by atoms with Gasteiger partial charge in [-0.05, 0) is 39.7 Å². The summed E-state index contributed by atoms with van der Waals surface area (Å²) in [6, 6.07) is 0.913. The third kappa shape index (κ3) is 2.45. The summed E-state index contributed by atoms with van der Waals surface area (Å²) in [5.74, 6) is 0.630. The molecule has 2 rings (SSSR count). The van der Waals surface area contributed by atoms with E-state index in [4.69, 9.17) is 0 Å². The summed E-state index contributed by atoms with van der Waals surface area (Å²) < 4.78 is 0. The fourth-order valence-corrected chi connectivity index (χ4v) is 2.71. The van der Waals surface area contributed by atoms with Crippen molar-refractivity contribution in [2.75, 3.05) is 13.1 Å². The molecule has 0 bridgehead atoms. The Morgan fingerprint density at radius 1 is 1.20 bits per heavy atom. The Labute approximate surface area is 98.0 Å². The first-order valence-corrected chi connectivity index (χ1v) is 5.73. The van der Waals surface area contributed by atoms with Crippen molar-refractivity contribution in [3.8, 4) is 0 Å². The van der Waals surface area contributed by atoms with Crippen molar-refractivity contribution in [3.63, 3.8) is 0 Å². The van der Waals surface area contributed by atoms with E-state index in [9.17, 15) is 4.79 Å². The van der Waals surface area contributed by atoms with Gasteiger partial charge in [-0.3, -0.25) is 4.79 Å². The topological polar surface area (TPSA) is 32.3 Å². The number of hydrogen-bond donors (Lipinski definition) is 1. The molecule has 2 heterocycles. The molecule has 3 atom stereocenters. The van der Waals surface area contributed by atoms with Crippen LogP contribution in [0.5, 0.6) is 0 Å². The normalized spacial score (nSPS) is 35.3. The van der Waals surface area contributed by atoms with Gasteiger partial charge in [0.25, 0.3) is 0 Å². The average Bonchev–Trinajstić information content (AvgIpc) is 2.75. The monoisotopic (exact) mass is 232 g/mol. The van der Waals surface area contributed by atoms with Gasteiger partial charge < -0.3 is 10.2 Å². The van der Waals surface area contributed by atoms with Crippen molar-refractivity contribution in [1.29, 1.82) is 0 Å². The Hall–Kier alpha value is -0.280. The maximum atomic E-state index is 12.2. The number of carbonyl (C=O) groups is 1. The van der Waals surface area contributed by atoms with Crippen LogP contribution in [-0.4, -0.2) is 36.0 Å². The lowest BCUT2D eigenvalue weighted by molar-refractivity contribution is -0.137. The molecule has 2 fully saturated rings. The largest absolute Gasteiger partial charge is 0.337 e. The lowest BCUT2D eigenvalue weighted by Crippen LogP contribution is -2.42. The standard InChI is InChI=1S/C11H20N2O.ClH/c1-8-3-4-9(2)13(8)11(14)10-5-6-12-7-10;/h8-10,12H,3-7H2,1-2H3;1H/t8?,9?,10-;/m1./s1. The van der Waals surface area contributed by atoms with Gasteiger partial charge in [0.2, 0.25) is 5.91 Å². The van der Waals surface area contributed by atoms with E-state index in [1.807, 2.05) is 0 Å². The van der Waals surface area contributed by atoms with Gasteiger partial charge in [-0.1, -0.05) is 0 Å². The Bertz CT molecular complexity index is 219. The van der Waals surface area contributed by atoms with Gasteiger partial charge in [0.05, 0.1) is 5.92 Å². The van der Waals surface area contributed by atoms with Crippen LogP contribution in [0.4, 0.5) is 0 Å². The van der Waals surface area contributed by atoms with E-state index < -0.39 is 0 Å². The van der Waals surface area contributed by atoms with Gasteiger partial charge in [0, 0.05) is 18.6 Å². The molecule has 4 heteroatoms. The number of nitrogens with one attached hydrogen (secondary N) is 1. The van der Waals surface area contributed by atoms with Gasteiger partial charge in [-0.15, -0.1) is 12.4 Å². The minimum Gasteiger partial charge on any atom is -0.337 e. The van der Waals surface area contributed by atoms with E-state index in [0.717, 1.165) is 19.5 Å². The van der Waals surface area contributed by atoms with Crippen LogP contribution in [0.2, 0.25) is 0 Å². The molecule has 2 aliphatic heterocycles.